The van der Waals surface area contributed by atoms with Gasteiger partial charge in [-0.15, -0.1) is 0 Å². The first-order valence-electron chi connectivity index (χ1n) is 7.03. The van der Waals surface area contributed by atoms with E-state index in [0.717, 1.165) is 38.5 Å². The number of methoxy groups -OCH3 is 1. The van der Waals surface area contributed by atoms with Crippen molar-refractivity contribution in [2.75, 3.05) is 26.9 Å². The molecule has 0 aliphatic heterocycles. The molecule has 0 saturated heterocycles. The molecule has 1 saturated carbocycles. The van der Waals surface area contributed by atoms with Crippen molar-refractivity contribution >= 4 is 5.97 Å². The quantitative estimate of drug-likeness (QED) is 0.481. The number of ether oxygens (including phenoxy) is 2. The van der Waals surface area contributed by atoms with Crippen LogP contribution in [0.2, 0.25) is 0 Å². The molecule has 0 bridgehead atoms. The van der Waals surface area contributed by atoms with E-state index in [-0.39, 0.29) is 5.97 Å². The van der Waals surface area contributed by atoms with Crippen molar-refractivity contribution < 1.29 is 14.3 Å². The summed E-state index contributed by atoms with van der Waals surface area (Å²) in [5.41, 5.74) is -0.580. The van der Waals surface area contributed by atoms with Gasteiger partial charge in [0.15, 0.2) is 0 Å². The van der Waals surface area contributed by atoms with Crippen molar-refractivity contribution in [3.05, 3.63) is 0 Å². The van der Waals surface area contributed by atoms with E-state index in [1.54, 1.807) is 0 Å². The summed E-state index contributed by atoms with van der Waals surface area (Å²) in [6.07, 6.45) is 5.58. The standard InChI is InChI=1S/C14H27NO3/c1-4-15-14(2,13(16)17-3)9-5-10-18-11-8-12-6-7-12/h12,15H,4-11H2,1-3H3. The normalized spacial score (nSPS) is 18.4. The topological polar surface area (TPSA) is 47.6 Å². The van der Waals surface area contributed by atoms with Crippen LogP contribution < -0.4 is 5.32 Å². The lowest BCUT2D eigenvalue weighted by Gasteiger charge is -2.27. The summed E-state index contributed by atoms with van der Waals surface area (Å²) in [5, 5.41) is 3.20. The van der Waals surface area contributed by atoms with Crippen LogP contribution >= 0.6 is 0 Å². The molecule has 0 aromatic carbocycles. The fourth-order valence-corrected chi connectivity index (χ4v) is 2.16. The fraction of sp³-hybridized carbons (Fsp3) is 0.929. The average molecular weight is 257 g/mol. The number of hydrogen-bond donors (Lipinski definition) is 1. The van der Waals surface area contributed by atoms with Crippen molar-refractivity contribution in [1.29, 1.82) is 0 Å². The van der Waals surface area contributed by atoms with Gasteiger partial charge in [0, 0.05) is 13.2 Å². The van der Waals surface area contributed by atoms with E-state index < -0.39 is 5.54 Å². The first kappa shape index (κ1) is 15.4. The SMILES string of the molecule is CCNC(C)(CCCOCCC1CC1)C(=O)OC. The van der Waals surface area contributed by atoms with Crippen LogP contribution in [0.3, 0.4) is 0 Å². The Morgan fingerprint density at radius 3 is 2.67 bits per heavy atom. The zero-order valence-corrected chi connectivity index (χ0v) is 12.0. The van der Waals surface area contributed by atoms with E-state index in [2.05, 4.69) is 5.32 Å². The Hall–Kier alpha value is -0.610. The van der Waals surface area contributed by atoms with Crippen molar-refractivity contribution in [2.45, 2.75) is 51.5 Å². The Labute approximate surface area is 110 Å². The maximum absolute atomic E-state index is 11.7. The average Bonchev–Trinajstić information content (AvgIpc) is 3.17. The van der Waals surface area contributed by atoms with Gasteiger partial charge in [0.1, 0.15) is 5.54 Å². The lowest BCUT2D eigenvalue weighted by Crippen LogP contribution is -2.50. The van der Waals surface area contributed by atoms with Crippen molar-refractivity contribution in [1.82, 2.24) is 5.32 Å². The summed E-state index contributed by atoms with van der Waals surface area (Å²) in [6, 6.07) is 0. The molecule has 0 spiro atoms. The molecule has 0 heterocycles. The van der Waals surface area contributed by atoms with E-state index in [0.29, 0.717) is 0 Å². The summed E-state index contributed by atoms with van der Waals surface area (Å²) < 4.78 is 10.4. The number of esters is 1. The Bertz CT molecular complexity index is 253. The lowest BCUT2D eigenvalue weighted by molar-refractivity contribution is -0.148. The maximum atomic E-state index is 11.7. The Balaban J connectivity index is 2.13. The van der Waals surface area contributed by atoms with Gasteiger partial charge in [-0.3, -0.25) is 4.79 Å². The number of likely N-dealkylation sites (N-methyl/N-ethyl adjacent to an activating group) is 1. The Kier molecular flexibility index (Phi) is 6.65. The molecule has 1 N–H and O–H groups in total. The van der Waals surface area contributed by atoms with Crippen LogP contribution in [0.5, 0.6) is 0 Å². The van der Waals surface area contributed by atoms with Crippen LogP contribution in [-0.2, 0) is 14.3 Å². The smallest absolute Gasteiger partial charge is 0.325 e. The number of hydrogen-bond acceptors (Lipinski definition) is 4. The summed E-state index contributed by atoms with van der Waals surface area (Å²) in [7, 11) is 1.43. The second kappa shape index (κ2) is 7.74. The highest BCUT2D eigenvalue weighted by Gasteiger charge is 2.32. The van der Waals surface area contributed by atoms with Crippen molar-refractivity contribution in [2.24, 2.45) is 5.92 Å². The summed E-state index contributed by atoms with van der Waals surface area (Å²) in [4.78, 5) is 11.7. The molecule has 106 valence electrons. The van der Waals surface area contributed by atoms with Crippen LogP contribution in [0.15, 0.2) is 0 Å². The molecule has 1 aliphatic carbocycles. The molecule has 0 radical (unpaired) electrons. The molecule has 18 heavy (non-hydrogen) atoms. The van der Waals surface area contributed by atoms with E-state index in [9.17, 15) is 4.79 Å². The van der Waals surface area contributed by atoms with E-state index >= 15 is 0 Å². The molecule has 0 aromatic heterocycles. The molecule has 0 amide bonds. The zero-order valence-electron chi connectivity index (χ0n) is 12.0. The molecular weight excluding hydrogens is 230 g/mol. The van der Waals surface area contributed by atoms with Gasteiger partial charge in [0.25, 0.3) is 0 Å². The third kappa shape index (κ3) is 5.36. The van der Waals surface area contributed by atoms with Crippen molar-refractivity contribution in [3.63, 3.8) is 0 Å². The Morgan fingerprint density at radius 1 is 1.39 bits per heavy atom. The minimum atomic E-state index is -0.580. The molecular formula is C14H27NO3. The predicted molar refractivity (Wildman–Crippen MR) is 71.5 cm³/mol. The number of rotatable bonds is 10. The highest BCUT2D eigenvalue weighted by molar-refractivity contribution is 5.80. The highest BCUT2D eigenvalue weighted by Crippen LogP contribution is 2.32. The van der Waals surface area contributed by atoms with Crippen molar-refractivity contribution in [3.8, 4) is 0 Å². The lowest BCUT2D eigenvalue weighted by atomic mass is 9.96. The largest absolute Gasteiger partial charge is 0.468 e. The molecule has 4 heteroatoms. The van der Waals surface area contributed by atoms with Crippen LogP contribution in [0.25, 0.3) is 0 Å². The number of carbonyl (C=O) groups is 1. The summed E-state index contributed by atoms with van der Waals surface area (Å²) in [6.45, 7) is 6.24. The van der Waals surface area contributed by atoms with Gasteiger partial charge in [-0.25, -0.2) is 0 Å². The van der Waals surface area contributed by atoms with Gasteiger partial charge in [-0.2, -0.15) is 0 Å². The second-order valence-electron chi connectivity index (χ2n) is 5.30. The van der Waals surface area contributed by atoms with Gasteiger partial charge >= 0.3 is 5.97 Å². The summed E-state index contributed by atoms with van der Waals surface area (Å²) in [5.74, 6) is 0.731. The monoisotopic (exact) mass is 257 g/mol. The molecule has 1 fully saturated rings. The first-order chi connectivity index (χ1) is 8.62. The fourth-order valence-electron chi connectivity index (χ4n) is 2.16. The molecule has 1 aliphatic rings. The van der Waals surface area contributed by atoms with Crippen LogP contribution in [0.4, 0.5) is 0 Å². The van der Waals surface area contributed by atoms with Gasteiger partial charge in [0.05, 0.1) is 7.11 Å². The molecule has 1 atom stereocenters. The predicted octanol–water partition coefficient (Wildman–Crippen LogP) is 2.12. The second-order valence-corrected chi connectivity index (χ2v) is 5.30. The van der Waals surface area contributed by atoms with E-state index in [1.165, 1.54) is 26.4 Å². The molecule has 4 nitrogen and oxygen atoms in total. The van der Waals surface area contributed by atoms with Gasteiger partial charge in [-0.1, -0.05) is 19.8 Å². The molecule has 1 rings (SSSR count). The minimum Gasteiger partial charge on any atom is -0.468 e. The maximum Gasteiger partial charge on any atom is 0.325 e. The Morgan fingerprint density at radius 2 is 2.11 bits per heavy atom. The number of carbonyl (C=O) groups excluding carboxylic acids is 1. The van der Waals surface area contributed by atoms with E-state index in [1.807, 2.05) is 13.8 Å². The van der Waals surface area contributed by atoms with Crippen LogP contribution in [0, 0.1) is 5.92 Å². The van der Waals surface area contributed by atoms with Crippen LogP contribution in [0.1, 0.15) is 46.0 Å². The zero-order chi connectivity index (χ0) is 13.4. The third-order valence-electron chi connectivity index (χ3n) is 3.54. The first-order valence-corrected chi connectivity index (χ1v) is 7.03. The third-order valence-corrected chi connectivity index (χ3v) is 3.54. The van der Waals surface area contributed by atoms with E-state index in [4.69, 9.17) is 9.47 Å². The van der Waals surface area contributed by atoms with Gasteiger partial charge in [-0.05, 0) is 38.6 Å². The number of nitrogens with one attached hydrogen (secondary N) is 1. The molecule has 0 aromatic rings. The van der Waals surface area contributed by atoms with Gasteiger partial charge < -0.3 is 14.8 Å². The van der Waals surface area contributed by atoms with Crippen LogP contribution in [-0.4, -0.2) is 38.4 Å². The van der Waals surface area contributed by atoms with Gasteiger partial charge in [0.2, 0.25) is 0 Å². The summed E-state index contributed by atoms with van der Waals surface area (Å²) >= 11 is 0. The highest BCUT2D eigenvalue weighted by atomic mass is 16.5. The minimum absolute atomic E-state index is 0.192. The molecule has 1 unspecified atom stereocenters.